The molecule has 11 heteroatoms. The monoisotopic (exact) mass is 455 g/mol. The van der Waals surface area contributed by atoms with Crippen LogP contribution in [0.3, 0.4) is 0 Å². The van der Waals surface area contributed by atoms with Gasteiger partial charge in [0.25, 0.3) is 0 Å². The third-order valence-electron chi connectivity index (χ3n) is 4.48. The Morgan fingerprint density at radius 1 is 1.06 bits per heavy atom. The number of rotatable bonds is 7. The minimum absolute atomic E-state index is 0. The summed E-state index contributed by atoms with van der Waals surface area (Å²) in [7, 11) is 0. The predicted molar refractivity (Wildman–Crippen MR) is 109 cm³/mol. The zero-order chi connectivity index (χ0) is 20.9. The van der Waals surface area contributed by atoms with Crippen molar-refractivity contribution in [1.82, 2.24) is 14.7 Å². The fourth-order valence-corrected chi connectivity index (χ4v) is 2.92. The summed E-state index contributed by atoms with van der Waals surface area (Å²) in [6.45, 7) is 4.59. The molecule has 0 saturated carbocycles. The fourth-order valence-electron chi connectivity index (χ4n) is 2.92. The van der Waals surface area contributed by atoms with Crippen molar-refractivity contribution in [3.63, 3.8) is 0 Å². The molecule has 0 aliphatic carbocycles. The van der Waals surface area contributed by atoms with Crippen molar-refractivity contribution < 1.29 is 27.4 Å². The lowest BCUT2D eigenvalue weighted by molar-refractivity contribution is 0.0322. The van der Waals surface area contributed by atoms with Crippen molar-refractivity contribution in [2.24, 2.45) is 0 Å². The Morgan fingerprint density at radius 2 is 1.81 bits per heavy atom. The van der Waals surface area contributed by atoms with E-state index in [2.05, 4.69) is 10.00 Å². The van der Waals surface area contributed by atoms with Gasteiger partial charge in [0.1, 0.15) is 18.2 Å². The van der Waals surface area contributed by atoms with E-state index >= 15 is 0 Å². The molecule has 8 nitrogen and oxygen atoms in total. The zero-order valence-electron chi connectivity index (χ0n) is 16.3. The van der Waals surface area contributed by atoms with Gasteiger partial charge in [-0.3, -0.25) is 4.90 Å². The highest BCUT2D eigenvalue weighted by atomic mass is 35.5. The van der Waals surface area contributed by atoms with Crippen LogP contribution in [0, 0.1) is 11.6 Å². The third-order valence-corrected chi connectivity index (χ3v) is 4.48. The molecule has 0 amide bonds. The van der Waals surface area contributed by atoms with Crippen LogP contribution in [-0.4, -0.2) is 54.1 Å². The van der Waals surface area contributed by atoms with Gasteiger partial charge in [0.2, 0.25) is 0 Å². The van der Waals surface area contributed by atoms with E-state index in [-0.39, 0.29) is 18.2 Å². The van der Waals surface area contributed by atoms with Gasteiger partial charge >= 0.3 is 11.8 Å². The summed E-state index contributed by atoms with van der Waals surface area (Å²) in [6.07, 6.45) is -0.462. The molecule has 0 bridgehead atoms. The lowest BCUT2D eigenvalue weighted by Crippen LogP contribution is -2.38. The molecule has 2 aromatic carbocycles. The minimum atomic E-state index is -0.939. The van der Waals surface area contributed by atoms with E-state index in [0.717, 1.165) is 49.7 Å². The van der Waals surface area contributed by atoms with Crippen LogP contribution in [0.15, 0.2) is 51.7 Å². The van der Waals surface area contributed by atoms with Crippen molar-refractivity contribution in [2.45, 2.75) is 0 Å². The Kier molecular flexibility index (Phi) is 7.61. The van der Waals surface area contributed by atoms with Gasteiger partial charge in [-0.2, -0.15) is 4.68 Å². The number of nitrogens with zero attached hydrogens (tertiary/aromatic N) is 3. The average molecular weight is 456 g/mol. The van der Waals surface area contributed by atoms with Gasteiger partial charge in [0.05, 0.1) is 18.9 Å². The first kappa shape index (κ1) is 22.7. The molecule has 0 N–H and O–H groups in total. The molecule has 1 aliphatic rings. The number of ether oxygens (including phenoxy) is 3. The second-order valence-corrected chi connectivity index (χ2v) is 6.52. The minimum Gasteiger partial charge on any atom is -0.492 e. The van der Waals surface area contributed by atoms with Gasteiger partial charge in [0.15, 0.2) is 11.6 Å². The first-order chi connectivity index (χ1) is 14.6. The second-order valence-electron chi connectivity index (χ2n) is 6.52. The Balaban J connectivity index is 0.00000272. The van der Waals surface area contributed by atoms with Crippen molar-refractivity contribution in [3.05, 3.63) is 64.6 Å². The largest absolute Gasteiger partial charge is 0.492 e. The van der Waals surface area contributed by atoms with Crippen molar-refractivity contribution in [1.29, 1.82) is 0 Å². The van der Waals surface area contributed by atoms with E-state index in [1.54, 1.807) is 24.3 Å². The van der Waals surface area contributed by atoms with E-state index in [1.807, 2.05) is 0 Å². The summed E-state index contributed by atoms with van der Waals surface area (Å²) >= 11 is 0. The molecule has 0 atom stereocenters. The lowest BCUT2D eigenvalue weighted by atomic mass is 10.3. The number of hydrogen-bond donors (Lipinski definition) is 0. The van der Waals surface area contributed by atoms with Crippen LogP contribution in [0.25, 0.3) is 5.69 Å². The van der Waals surface area contributed by atoms with Crippen LogP contribution < -0.4 is 15.2 Å². The van der Waals surface area contributed by atoms with E-state index in [4.69, 9.17) is 18.6 Å². The molecular formula is C20H20ClF2N3O5. The highest BCUT2D eigenvalue weighted by Gasteiger charge is 2.15. The molecule has 31 heavy (non-hydrogen) atoms. The Hall–Kier alpha value is -2.95. The molecule has 3 aromatic rings. The Labute approximate surface area is 182 Å². The number of benzene rings is 2. The molecule has 1 fully saturated rings. The third kappa shape index (κ3) is 5.81. The molecule has 166 valence electrons. The SMILES string of the molecule is Cl.O=c1oc(Oc2ccc(F)cc2F)nn1-c1ccc(OCCN2CCOCC2)cc1. The summed E-state index contributed by atoms with van der Waals surface area (Å²) in [5, 5.41) is 3.89. The molecular weight excluding hydrogens is 436 g/mol. The molecule has 0 spiro atoms. The van der Waals surface area contributed by atoms with Gasteiger partial charge < -0.3 is 18.6 Å². The van der Waals surface area contributed by atoms with E-state index < -0.39 is 23.5 Å². The molecule has 1 aromatic heterocycles. The van der Waals surface area contributed by atoms with Gasteiger partial charge in [-0.05, 0) is 36.4 Å². The number of aromatic nitrogens is 2. The van der Waals surface area contributed by atoms with Crippen LogP contribution in [0.2, 0.25) is 0 Å². The topological polar surface area (TPSA) is 79.0 Å². The average Bonchev–Trinajstić information content (AvgIpc) is 3.11. The molecule has 0 radical (unpaired) electrons. The van der Waals surface area contributed by atoms with Crippen molar-refractivity contribution in [2.75, 3.05) is 39.5 Å². The van der Waals surface area contributed by atoms with Gasteiger partial charge in [0, 0.05) is 25.7 Å². The van der Waals surface area contributed by atoms with Crippen LogP contribution >= 0.6 is 12.4 Å². The van der Waals surface area contributed by atoms with Crippen LogP contribution in [0.4, 0.5) is 8.78 Å². The Bertz CT molecular complexity index is 1050. The number of morpholine rings is 1. The van der Waals surface area contributed by atoms with E-state index in [1.165, 1.54) is 0 Å². The normalized spacial score (nSPS) is 14.1. The summed E-state index contributed by atoms with van der Waals surface area (Å²) in [5.74, 6) is -2.17. The summed E-state index contributed by atoms with van der Waals surface area (Å²) in [5.41, 5.74) is 0.415. The Morgan fingerprint density at radius 3 is 2.52 bits per heavy atom. The lowest BCUT2D eigenvalue weighted by Gasteiger charge is -2.26. The van der Waals surface area contributed by atoms with E-state index in [0.29, 0.717) is 24.1 Å². The first-order valence-electron chi connectivity index (χ1n) is 9.35. The van der Waals surface area contributed by atoms with Crippen LogP contribution in [0.5, 0.6) is 17.6 Å². The predicted octanol–water partition coefficient (Wildman–Crippen LogP) is 3.03. The van der Waals surface area contributed by atoms with Gasteiger partial charge in [-0.15, -0.1) is 12.4 Å². The maximum absolute atomic E-state index is 13.7. The maximum Gasteiger partial charge on any atom is 0.444 e. The molecule has 2 heterocycles. The molecule has 4 rings (SSSR count). The highest BCUT2D eigenvalue weighted by Crippen LogP contribution is 2.23. The second kappa shape index (κ2) is 10.4. The smallest absolute Gasteiger partial charge is 0.444 e. The van der Waals surface area contributed by atoms with Crippen molar-refractivity contribution in [3.8, 4) is 23.3 Å². The zero-order valence-corrected chi connectivity index (χ0v) is 17.1. The first-order valence-corrected chi connectivity index (χ1v) is 9.35. The summed E-state index contributed by atoms with van der Waals surface area (Å²) < 4.78 is 48.7. The molecule has 0 unspecified atom stereocenters. The van der Waals surface area contributed by atoms with Crippen molar-refractivity contribution >= 4 is 12.4 Å². The summed E-state index contributed by atoms with van der Waals surface area (Å²) in [4.78, 5) is 14.3. The van der Waals surface area contributed by atoms with Gasteiger partial charge in [-0.1, -0.05) is 5.10 Å². The van der Waals surface area contributed by atoms with E-state index in [9.17, 15) is 13.6 Å². The molecule has 1 saturated heterocycles. The number of halogens is 3. The maximum atomic E-state index is 13.7. The van der Waals surface area contributed by atoms with Gasteiger partial charge in [-0.25, -0.2) is 13.6 Å². The quantitative estimate of drug-likeness (QED) is 0.542. The summed E-state index contributed by atoms with van der Waals surface area (Å²) in [6, 6.07) is 9.43. The van der Waals surface area contributed by atoms with Crippen LogP contribution in [-0.2, 0) is 4.74 Å². The van der Waals surface area contributed by atoms with Crippen LogP contribution in [0.1, 0.15) is 0 Å². The number of hydrogen-bond acceptors (Lipinski definition) is 7. The fraction of sp³-hybridized carbons (Fsp3) is 0.300. The molecule has 1 aliphatic heterocycles. The standard InChI is InChI=1S/C20H19F2N3O5.ClH/c21-14-1-6-18(17(22)13-14)29-19-23-25(20(26)30-19)15-2-4-16(5-3-15)28-12-9-24-7-10-27-11-8-24;/h1-6,13H,7-12H2;1H. The highest BCUT2D eigenvalue weighted by molar-refractivity contribution is 5.85.